The van der Waals surface area contributed by atoms with Crippen molar-refractivity contribution in [2.45, 2.75) is 26.3 Å². The van der Waals surface area contributed by atoms with Crippen molar-refractivity contribution < 1.29 is 0 Å². The predicted molar refractivity (Wildman–Crippen MR) is 74.1 cm³/mol. The zero-order valence-corrected chi connectivity index (χ0v) is 11.6. The molecule has 1 aliphatic rings. The Hall–Kier alpha value is 0.230. The Morgan fingerprint density at radius 3 is 2.69 bits per heavy atom. The van der Waals surface area contributed by atoms with Crippen molar-refractivity contribution in [1.82, 2.24) is 10.2 Å². The maximum atomic E-state index is 5.85. The Bertz CT molecular complexity index is 168. The summed E-state index contributed by atoms with van der Waals surface area (Å²) < 4.78 is 0. The first-order valence-corrected chi connectivity index (χ1v) is 7.70. The van der Waals surface area contributed by atoms with Gasteiger partial charge in [-0.1, -0.05) is 13.8 Å². The first-order chi connectivity index (χ1) is 7.81. The molecule has 1 fully saturated rings. The van der Waals surface area contributed by atoms with Gasteiger partial charge in [0.25, 0.3) is 0 Å². The zero-order chi connectivity index (χ0) is 11.8. The molecule has 96 valence electrons. The van der Waals surface area contributed by atoms with Crippen molar-refractivity contribution in [2.75, 3.05) is 44.2 Å². The Balaban J connectivity index is 2.17. The van der Waals surface area contributed by atoms with Gasteiger partial charge in [-0.15, -0.1) is 0 Å². The van der Waals surface area contributed by atoms with Gasteiger partial charge < -0.3 is 16.0 Å². The molecule has 0 bridgehead atoms. The van der Waals surface area contributed by atoms with Crippen LogP contribution < -0.4 is 11.1 Å². The van der Waals surface area contributed by atoms with E-state index in [1.54, 1.807) is 0 Å². The van der Waals surface area contributed by atoms with Gasteiger partial charge in [0.1, 0.15) is 0 Å². The van der Waals surface area contributed by atoms with E-state index in [4.69, 9.17) is 5.73 Å². The van der Waals surface area contributed by atoms with Crippen molar-refractivity contribution in [3.05, 3.63) is 0 Å². The first kappa shape index (κ1) is 14.3. The second-order valence-corrected chi connectivity index (χ2v) is 5.60. The molecule has 2 unspecified atom stereocenters. The average Bonchev–Trinajstić information content (AvgIpc) is 2.83. The van der Waals surface area contributed by atoms with Gasteiger partial charge in [-0.05, 0) is 36.9 Å². The van der Waals surface area contributed by atoms with Crippen LogP contribution in [0.3, 0.4) is 0 Å². The lowest BCUT2D eigenvalue weighted by Gasteiger charge is -2.25. The van der Waals surface area contributed by atoms with Crippen molar-refractivity contribution >= 4 is 11.8 Å². The van der Waals surface area contributed by atoms with E-state index >= 15 is 0 Å². The highest BCUT2D eigenvalue weighted by Crippen LogP contribution is 2.25. The molecular weight excluding hydrogens is 218 g/mol. The number of hydrogen-bond donors (Lipinski definition) is 2. The lowest BCUT2D eigenvalue weighted by Crippen LogP contribution is -2.45. The van der Waals surface area contributed by atoms with Gasteiger partial charge in [-0.25, -0.2) is 0 Å². The lowest BCUT2D eigenvalue weighted by molar-refractivity contribution is 0.286. The van der Waals surface area contributed by atoms with Gasteiger partial charge in [0, 0.05) is 25.7 Å². The number of nitrogens with one attached hydrogen (secondary N) is 1. The van der Waals surface area contributed by atoms with Gasteiger partial charge in [0.15, 0.2) is 0 Å². The van der Waals surface area contributed by atoms with Crippen LogP contribution in [0.15, 0.2) is 0 Å². The van der Waals surface area contributed by atoms with Crippen LogP contribution in [0, 0.1) is 5.92 Å². The van der Waals surface area contributed by atoms with Crippen LogP contribution in [0.25, 0.3) is 0 Å². The first-order valence-electron chi connectivity index (χ1n) is 6.55. The Kier molecular flexibility index (Phi) is 7.45. The lowest BCUT2D eigenvalue weighted by atomic mass is 9.99. The van der Waals surface area contributed by atoms with Crippen LogP contribution in [0.2, 0.25) is 0 Å². The molecule has 0 spiro atoms. The quantitative estimate of drug-likeness (QED) is 0.669. The molecule has 0 saturated carbocycles. The summed E-state index contributed by atoms with van der Waals surface area (Å²) in [6.45, 7) is 9.72. The van der Waals surface area contributed by atoms with Gasteiger partial charge in [-0.3, -0.25) is 0 Å². The third-order valence-electron chi connectivity index (χ3n) is 3.52. The molecule has 16 heavy (non-hydrogen) atoms. The second kappa shape index (κ2) is 8.34. The topological polar surface area (TPSA) is 41.3 Å². The Morgan fingerprint density at radius 1 is 1.44 bits per heavy atom. The minimum atomic E-state index is 0.533. The number of rotatable bonds is 8. The number of nitrogens with two attached hydrogens (primary N) is 1. The largest absolute Gasteiger partial charge is 0.329 e. The summed E-state index contributed by atoms with van der Waals surface area (Å²) in [5.41, 5.74) is 5.85. The molecule has 1 aliphatic heterocycles. The summed E-state index contributed by atoms with van der Waals surface area (Å²) in [6.07, 6.45) is 1.34. The van der Waals surface area contributed by atoms with Crippen LogP contribution >= 0.6 is 11.8 Å². The summed E-state index contributed by atoms with van der Waals surface area (Å²) in [5.74, 6) is 3.41. The molecule has 1 rings (SSSR count). The van der Waals surface area contributed by atoms with E-state index < -0.39 is 0 Å². The molecule has 0 aliphatic carbocycles. The minimum absolute atomic E-state index is 0.533. The van der Waals surface area contributed by atoms with Crippen LogP contribution in [-0.4, -0.2) is 55.2 Å². The molecular formula is C12H27N3S. The summed E-state index contributed by atoms with van der Waals surface area (Å²) in [5, 5.41) is 3.63. The second-order valence-electron chi connectivity index (χ2n) is 4.45. The zero-order valence-electron chi connectivity index (χ0n) is 10.7. The molecule has 1 heterocycles. The highest BCUT2D eigenvalue weighted by atomic mass is 32.2. The maximum absolute atomic E-state index is 5.85. The third kappa shape index (κ3) is 4.62. The number of hydrogen-bond acceptors (Lipinski definition) is 4. The van der Waals surface area contributed by atoms with E-state index in [0.29, 0.717) is 6.04 Å². The smallest absolute Gasteiger partial charge is 0.0227 e. The number of nitrogens with zero attached hydrogens (tertiary/aromatic N) is 1. The summed E-state index contributed by atoms with van der Waals surface area (Å²) in [6, 6.07) is 0.533. The predicted octanol–water partition coefficient (Wildman–Crippen LogP) is 0.998. The normalized spacial score (nSPS) is 22.9. The van der Waals surface area contributed by atoms with Crippen LogP contribution in [0.5, 0.6) is 0 Å². The molecule has 0 radical (unpaired) electrons. The summed E-state index contributed by atoms with van der Waals surface area (Å²) >= 11 is 2.07. The summed E-state index contributed by atoms with van der Waals surface area (Å²) in [7, 11) is 0. The maximum Gasteiger partial charge on any atom is 0.0227 e. The van der Waals surface area contributed by atoms with Gasteiger partial charge in [0.05, 0.1) is 0 Å². The van der Waals surface area contributed by atoms with E-state index in [1.165, 1.54) is 17.9 Å². The van der Waals surface area contributed by atoms with E-state index in [-0.39, 0.29) is 0 Å². The number of likely N-dealkylation sites (N-methyl/N-ethyl adjacent to an activating group) is 1. The average molecular weight is 245 g/mol. The van der Waals surface area contributed by atoms with Gasteiger partial charge in [-0.2, -0.15) is 11.8 Å². The molecule has 0 amide bonds. The molecule has 0 aromatic carbocycles. The van der Waals surface area contributed by atoms with Crippen molar-refractivity contribution in [3.63, 3.8) is 0 Å². The van der Waals surface area contributed by atoms with Crippen molar-refractivity contribution in [3.8, 4) is 0 Å². The van der Waals surface area contributed by atoms with Crippen LogP contribution in [0.4, 0.5) is 0 Å². The SMILES string of the molecule is CCN(CC)CCNC(CN)C1CCSC1. The Morgan fingerprint density at radius 2 is 2.19 bits per heavy atom. The fourth-order valence-corrected chi connectivity index (χ4v) is 3.60. The molecule has 1 saturated heterocycles. The standard InChI is InChI=1S/C12H27N3S/c1-3-15(4-2)7-6-14-12(9-13)11-5-8-16-10-11/h11-12,14H,3-10,13H2,1-2H3. The molecule has 3 N–H and O–H groups in total. The van der Waals surface area contributed by atoms with Crippen LogP contribution in [-0.2, 0) is 0 Å². The molecule has 2 atom stereocenters. The molecule has 0 aromatic heterocycles. The molecule has 4 heteroatoms. The van der Waals surface area contributed by atoms with E-state index in [9.17, 15) is 0 Å². The van der Waals surface area contributed by atoms with E-state index in [1.807, 2.05) is 0 Å². The van der Waals surface area contributed by atoms with Crippen molar-refractivity contribution in [1.29, 1.82) is 0 Å². The van der Waals surface area contributed by atoms with Crippen LogP contribution in [0.1, 0.15) is 20.3 Å². The van der Waals surface area contributed by atoms with Gasteiger partial charge in [0.2, 0.25) is 0 Å². The van der Waals surface area contributed by atoms with Gasteiger partial charge >= 0.3 is 0 Å². The fourth-order valence-electron chi connectivity index (χ4n) is 2.26. The number of thioether (sulfide) groups is 1. The van der Waals surface area contributed by atoms with Crippen molar-refractivity contribution in [2.24, 2.45) is 11.7 Å². The summed E-state index contributed by atoms with van der Waals surface area (Å²) in [4.78, 5) is 2.45. The minimum Gasteiger partial charge on any atom is -0.329 e. The highest BCUT2D eigenvalue weighted by Gasteiger charge is 2.23. The fraction of sp³-hybridized carbons (Fsp3) is 1.00. The van der Waals surface area contributed by atoms with E-state index in [2.05, 4.69) is 35.8 Å². The monoisotopic (exact) mass is 245 g/mol. The highest BCUT2D eigenvalue weighted by molar-refractivity contribution is 7.99. The third-order valence-corrected chi connectivity index (χ3v) is 4.71. The molecule has 3 nitrogen and oxygen atoms in total. The Labute approximate surface area is 105 Å². The molecule has 0 aromatic rings. The van der Waals surface area contributed by atoms with E-state index in [0.717, 1.165) is 38.6 Å².